The lowest BCUT2D eigenvalue weighted by molar-refractivity contribution is -0.0145. The number of carbonyl (C=O) groups is 1. The van der Waals surface area contributed by atoms with Gasteiger partial charge < -0.3 is 9.84 Å². The predicted molar refractivity (Wildman–Crippen MR) is 130 cm³/mol. The average Bonchev–Trinajstić information content (AvgIpc) is 3.35. The summed E-state index contributed by atoms with van der Waals surface area (Å²) in [6.07, 6.45) is -0.268. The Bertz CT molecular complexity index is 1070. The fraction of sp³-hybridized carbons (Fsp3) is 0.296. The molecule has 0 aliphatic carbocycles. The summed E-state index contributed by atoms with van der Waals surface area (Å²) in [6, 6.07) is 26.6. The van der Waals surface area contributed by atoms with Crippen LogP contribution in [0, 0.1) is 0 Å². The highest BCUT2D eigenvalue weighted by molar-refractivity contribution is 5.92. The Morgan fingerprint density at radius 3 is 2.12 bits per heavy atom. The third kappa shape index (κ3) is 3.51. The van der Waals surface area contributed by atoms with Crippen LogP contribution in [0.4, 0.5) is 10.5 Å². The van der Waals surface area contributed by atoms with Crippen LogP contribution in [0.25, 0.3) is 0 Å². The predicted octanol–water partition coefficient (Wildman–Crippen LogP) is 4.59. The molecule has 1 amide bonds. The van der Waals surface area contributed by atoms with Crippen molar-refractivity contribution < 1.29 is 14.6 Å². The molecule has 172 valence electrons. The van der Waals surface area contributed by atoms with Crippen LogP contribution in [-0.4, -0.2) is 35.0 Å². The molecule has 1 fully saturated rings. The maximum absolute atomic E-state index is 13.0. The summed E-state index contributed by atoms with van der Waals surface area (Å²) >= 11 is 0. The SMILES string of the molecule is C.CCOC(=O)N1c2ccccc2C2CC(C(O)(c3ccccc3)c3ccccc3)N(N)C21. The quantitative estimate of drug-likeness (QED) is 0.574. The Kier molecular flexibility index (Phi) is 6.26. The second-order valence-corrected chi connectivity index (χ2v) is 8.34. The van der Waals surface area contributed by atoms with Crippen LogP contribution in [0.15, 0.2) is 84.9 Å². The van der Waals surface area contributed by atoms with E-state index in [0.29, 0.717) is 6.42 Å². The minimum absolute atomic E-state index is 0. The number of ether oxygens (including phenoxy) is 1. The molecule has 0 spiro atoms. The molecule has 3 atom stereocenters. The Balaban J connectivity index is 0.00000259. The van der Waals surface area contributed by atoms with Gasteiger partial charge in [0, 0.05) is 5.92 Å². The number of hydrogen-bond donors (Lipinski definition) is 2. The lowest BCUT2D eigenvalue weighted by atomic mass is 9.78. The van der Waals surface area contributed by atoms with Gasteiger partial charge in [0.2, 0.25) is 0 Å². The van der Waals surface area contributed by atoms with Crippen LogP contribution in [0.5, 0.6) is 0 Å². The van der Waals surface area contributed by atoms with E-state index in [0.717, 1.165) is 22.4 Å². The van der Waals surface area contributed by atoms with Crippen molar-refractivity contribution >= 4 is 11.8 Å². The molecule has 3 N–H and O–H groups in total. The van der Waals surface area contributed by atoms with Crippen molar-refractivity contribution in [3.8, 4) is 0 Å². The van der Waals surface area contributed by atoms with Crippen molar-refractivity contribution in [1.29, 1.82) is 0 Å². The van der Waals surface area contributed by atoms with Crippen molar-refractivity contribution in [3.05, 3.63) is 102 Å². The minimum Gasteiger partial charge on any atom is -0.449 e. The molecule has 0 bridgehead atoms. The molecule has 2 aliphatic heterocycles. The van der Waals surface area contributed by atoms with Gasteiger partial charge in [-0.15, -0.1) is 0 Å². The first kappa shape index (κ1) is 23.0. The third-order valence-corrected chi connectivity index (χ3v) is 6.74. The Morgan fingerprint density at radius 2 is 1.55 bits per heavy atom. The molecule has 0 saturated carbocycles. The van der Waals surface area contributed by atoms with Gasteiger partial charge >= 0.3 is 6.09 Å². The van der Waals surface area contributed by atoms with Gasteiger partial charge in [0.15, 0.2) is 0 Å². The number of para-hydroxylation sites is 1. The second kappa shape index (κ2) is 8.98. The van der Waals surface area contributed by atoms with Crippen molar-refractivity contribution in [2.45, 2.75) is 44.5 Å². The van der Waals surface area contributed by atoms with E-state index in [-0.39, 0.29) is 20.0 Å². The van der Waals surface area contributed by atoms with Crippen molar-refractivity contribution in [2.75, 3.05) is 11.5 Å². The fourth-order valence-corrected chi connectivity index (χ4v) is 5.36. The molecule has 33 heavy (non-hydrogen) atoms. The van der Waals surface area contributed by atoms with E-state index in [1.165, 1.54) is 0 Å². The van der Waals surface area contributed by atoms with Crippen LogP contribution < -0.4 is 10.7 Å². The highest BCUT2D eigenvalue weighted by atomic mass is 16.6. The van der Waals surface area contributed by atoms with Crippen LogP contribution in [0.2, 0.25) is 0 Å². The van der Waals surface area contributed by atoms with Crippen LogP contribution >= 0.6 is 0 Å². The molecule has 2 heterocycles. The van der Waals surface area contributed by atoms with Gasteiger partial charge in [0.25, 0.3) is 0 Å². The summed E-state index contributed by atoms with van der Waals surface area (Å²) in [5.41, 5.74) is 2.05. The number of carbonyl (C=O) groups excluding carboxylic acids is 1. The van der Waals surface area contributed by atoms with Gasteiger partial charge in [-0.2, -0.15) is 0 Å². The number of hydrogen-bond acceptors (Lipinski definition) is 5. The maximum Gasteiger partial charge on any atom is 0.415 e. The normalized spacial score (nSPS) is 21.8. The number of rotatable bonds is 4. The van der Waals surface area contributed by atoms with Gasteiger partial charge in [0.05, 0.1) is 18.3 Å². The fourth-order valence-electron chi connectivity index (χ4n) is 5.36. The Hall–Kier alpha value is -3.19. The lowest BCUT2D eigenvalue weighted by Gasteiger charge is -2.41. The molecule has 3 unspecified atom stereocenters. The van der Waals surface area contributed by atoms with E-state index in [2.05, 4.69) is 0 Å². The Labute approximate surface area is 195 Å². The van der Waals surface area contributed by atoms with E-state index in [1.807, 2.05) is 84.9 Å². The average molecular weight is 446 g/mol. The Morgan fingerprint density at radius 1 is 1.00 bits per heavy atom. The molecule has 1 saturated heterocycles. The number of aliphatic hydroxyl groups is 1. The molecule has 3 aromatic carbocycles. The van der Waals surface area contributed by atoms with E-state index in [1.54, 1.807) is 16.8 Å². The zero-order valence-corrected chi connectivity index (χ0v) is 18.0. The molecule has 3 aromatic rings. The van der Waals surface area contributed by atoms with Crippen molar-refractivity contribution in [3.63, 3.8) is 0 Å². The van der Waals surface area contributed by atoms with Crippen LogP contribution in [-0.2, 0) is 10.3 Å². The van der Waals surface area contributed by atoms with E-state index < -0.39 is 23.9 Å². The zero-order valence-electron chi connectivity index (χ0n) is 18.0. The molecule has 0 aromatic heterocycles. The number of anilines is 1. The first-order valence-electron chi connectivity index (χ1n) is 11.0. The van der Waals surface area contributed by atoms with Crippen molar-refractivity contribution in [1.82, 2.24) is 5.01 Å². The molecule has 0 radical (unpaired) electrons. The number of nitrogens with two attached hydrogens (primary N) is 1. The highest BCUT2D eigenvalue weighted by Crippen LogP contribution is 2.53. The van der Waals surface area contributed by atoms with Gasteiger partial charge in [-0.1, -0.05) is 86.3 Å². The first-order valence-corrected chi connectivity index (χ1v) is 11.0. The van der Waals surface area contributed by atoms with Gasteiger partial charge in [-0.05, 0) is 36.1 Å². The third-order valence-electron chi connectivity index (χ3n) is 6.74. The number of amides is 1. The van der Waals surface area contributed by atoms with E-state index in [4.69, 9.17) is 10.6 Å². The lowest BCUT2D eigenvalue weighted by Crippen LogP contribution is -2.58. The van der Waals surface area contributed by atoms with Gasteiger partial charge in [-0.25, -0.2) is 9.80 Å². The first-order chi connectivity index (χ1) is 15.6. The van der Waals surface area contributed by atoms with Crippen LogP contribution in [0.3, 0.4) is 0 Å². The van der Waals surface area contributed by atoms with E-state index in [9.17, 15) is 9.90 Å². The molecule has 6 heteroatoms. The zero-order chi connectivity index (χ0) is 22.3. The topological polar surface area (TPSA) is 79.0 Å². The largest absolute Gasteiger partial charge is 0.449 e. The monoisotopic (exact) mass is 445 g/mol. The van der Waals surface area contributed by atoms with Gasteiger partial charge in [0.1, 0.15) is 11.8 Å². The highest BCUT2D eigenvalue weighted by Gasteiger charge is 2.58. The number of hydrazine groups is 1. The van der Waals surface area contributed by atoms with Crippen LogP contribution in [0.1, 0.15) is 43.4 Å². The molecule has 2 aliphatic rings. The summed E-state index contributed by atoms with van der Waals surface area (Å²) < 4.78 is 5.37. The van der Waals surface area contributed by atoms with E-state index >= 15 is 0 Å². The molecule has 5 rings (SSSR count). The minimum atomic E-state index is -1.35. The molecular formula is C27H31N3O3. The second-order valence-electron chi connectivity index (χ2n) is 8.34. The summed E-state index contributed by atoms with van der Waals surface area (Å²) in [6.45, 7) is 2.07. The summed E-state index contributed by atoms with van der Waals surface area (Å²) in [5, 5.41) is 14.0. The summed E-state index contributed by atoms with van der Waals surface area (Å²) in [4.78, 5) is 14.6. The maximum atomic E-state index is 13.0. The number of benzene rings is 3. The van der Waals surface area contributed by atoms with Gasteiger partial charge in [-0.3, -0.25) is 10.7 Å². The molecular weight excluding hydrogens is 414 g/mol. The smallest absolute Gasteiger partial charge is 0.415 e. The number of fused-ring (bicyclic) bond motifs is 3. The summed E-state index contributed by atoms with van der Waals surface area (Å²) in [7, 11) is 0. The number of nitrogens with zero attached hydrogens (tertiary/aromatic N) is 2. The standard InChI is InChI=1S/C26H27N3O3.CH4/c1-2-32-25(30)28-22-16-10-9-15-20(22)21-17-23(29(27)24(21)28)26(31,18-11-5-3-6-12-18)19-13-7-4-8-14-19;/h3-16,21,23-24,31H,2,17,27H2,1H3;1H4. The summed E-state index contributed by atoms with van der Waals surface area (Å²) in [5.74, 6) is 6.72. The van der Waals surface area contributed by atoms with Crippen molar-refractivity contribution in [2.24, 2.45) is 5.84 Å². The molecule has 6 nitrogen and oxygen atoms in total.